The maximum Gasteiger partial charge on any atom is 0.417 e. The molecule has 144 valence electrons. The van der Waals surface area contributed by atoms with E-state index in [0.717, 1.165) is 36.4 Å². The fourth-order valence-electron chi connectivity index (χ4n) is 2.01. The molecule has 0 aromatic heterocycles. The number of amides is 1. The van der Waals surface area contributed by atoms with E-state index in [1.807, 2.05) is 0 Å². The minimum atomic E-state index is -4.67. The van der Waals surface area contributed by atoms with Crippen molar-refractivity contribution in [3.8, 4) is 0 Å². The normalized spacial score (nSPS) is 12.4. The minimum absolute atomic E-state index is 0.0250. The SMILES string of the molecule is O=C(/C=C/c1ccc(Cl)c(C(F)(F)F)c1)Nc1cc(C(F)(F)F)ccc1Cl. The van der Waals surface area contributed by atoms with Gasteiger partial charge in [0.15, 0.2) is 0 Å². The molecule has 0 saturated heterocycles. The quantitative estimate of drug-likeness (QED) is 0.429. The Kier molecular flexibility index (Phi) is 6.11. The van der Waals surface area contributed by atoms with Crippen LogP contribution in [0.1, 0.15) is 16.7 Å². The summed E-state index contributed by atoms with van der Waals surface area (Å²) in [5, 5.41) is 1.51. The Balaban J connectivity index is 2.19. The zero-order chi connectivity index (χ0) is 20.4. The number of hydrogen-bond donors (Lipinski definition) is 1. The lowest BCUT2D eigenvalue weighted by Crippen LogP contribution is -2.11. The van der Waals surface area contributed by atoms with Crippen LogP contribution in [0.2, 0.25) is 10.0 Å². The van der Waals surface area contributed by atoms with E-state index >= 15 is 0 Å². The van der Waals surface area contributed by atoms with Crippen molar-refractivity contribution in [3.63, 3.8) is 0 Å². The smallest absolute Gasteiger partial charge is 0.321 e. The highest BCUT2D eigenvalue weighted by atomic mass is 35.5. The average molecular weight is 428 g/mol. The largest absolute Gasteiger partial charge is 0.417 e. The highest BCUT2D eigenvalue weighted by Gasteiger charge is 2.33. The molecule has 0 spiro atoms. The average Bonchev–Trinajstić information content (AvgIpc) is 2.54. The third-order valence-corrected chi connectivity index (χ3v) is 3.93. The second-order valence-corrected chi connectivity index (χ2v) is 6.07. The van der Waals surface area contributed by atoms with Gasteiger partial charge in [0, 0.05) is 6.08 Å². The van der Waals surface area contributed by atoms with Gasteiger partial charge in [-0.05, 0) is 42.0 Å². The molecule has 0 heterocycles. The summed E-state index contributed by atoms with van der Waals surface area (Å²) < 4.78 is 76.5. The lowest BCUT2D eigenvalue weighted by molar-refractivity contribution is -0.138. The summed E-state index contributed by atoms with van der Waals surface area (Å²) in [6.07, 6.45) is -7.38. The van der Waals surface area contributed by atoms with Crippen LogP contribution in [0, 0.1) is 0 Å². The second kappa shape index (κ2) is 7.82. The molecule has 1 amide bonds. The van der Waals surface area contributed by atoms with Crippen molar-refractivity contribution in [3.05, 3.63) is 69.2 Å². The van der Waals surface area contributed by atoms with Gasteiger partial charge in [-0.3, -0.25) is 4.79 Å². The number of halogens is 8. The molecule has 10 heteroatoms. The van der Waals surface area contributed by atoms with Gasteiger partial charge in [0.2, 0.25) is 5.91 Å². The molecular formula is C17H9Cl2F6NO. The molecule has 0 aliphatic heterocycles. The van der Waals surface area contributed by atoms with Crippen LogP contribution in [0.15, 0.2) is 42.5 Å². The third kappa shape index (κ3) is 5.64. The highest BCUT2D eigenvalue weighted by molar-refractivity contribution is 6.34. The third-order valence-electron chi connectivity index (χ3n) is 3.27. The first kappa shape index (κ1) is 21.1. The van der Waals surface area contributed by atoms with Crippen molar-refractivity contribution in [1.29, 1.82) is 0 Å². The number of nitrogens with one attached hydrogen (secondary N) is 1. The molecule has 2 aromatic rings. The van der Waals surface area contributed by atoms with Crippen LogP contribution in [0.25, 0.3) is 6.08 Å². The van der Waals surface area contributed by atoms with Gasteiger partial charge in [-0.15, -0.1) is 0 Å². The molecule has 0 fully saturated rings. The number of hydrogen-bond acceptors (Lipinski definition) is 1. The summed E-state index contributed by atoms with van der Waals surface area (Å²) in [4.78, 5) is 11.9. The topological polar surface area (TPSA) is 29.1 Å². The minimum Gasteiger partial charge on any atom is -0.321 e. The molecule has 0 bridgehead atoms. The van der Waals surface area contributed by atoms with Crippen LogP contribution in [-0.4, -0.2) is 5.91 Å². The Morgan fingerprint density at radius 1 is 0.889 bits per heavy atom. The molecule has 0 saturated carbocycles. The zero-order valence-corrected chi connectivity index (χ0v) is 14.6. The van der Waals surface area contributed by atoms with Gasteiger partial charge < -0.3 is 5.32 Å². The summed E-state index contributed by atoms with van der Waals surface area (Å²) in [6.45, 7) is 0. The van der Waals surface area contributed by atoms with Gasteiger partial charge in [-0.25, -0.2) is 0 Å². The summed E-state index contributed by atoms with van der Waals surface area (Å²) in [7, 11) is 0. The lowest BCUT2D eigenvalue weighted by atomic mass is 10.1. The van der Waals surface area contributed by atoms with Crippen molar-refractivity contribution < 1.29 is 31.1 Å². The predicted molar refractivity (Wildman–Crippen MR) is 90.6 cm³/mol. The molecule has 2 aromatic carbocycles. The van der Waals surface area contributed by atoms with Crippen LogP contribution in [0.3, 0.4) is 0 Å². The Morgan fingerprint density at radius 3 is 2.11 bits per heavy atom. The zero-order valence-electron chi connectivity index (χ0n) is 13.1. The van der Waals surface area contributed by atoms with Crippen molar-refractivity contribution in [2.75, 3.05) is 5.32 Å². The molecule has 2 rings (SSSR count). The number of alkyl halides is 6. The molecule has 0 aliphatic rings. The highest BCUT2D eigenvalue weighted by Crippen LogP contribution is 2.36. The van der Waals surface area contributed by atoms with E-state index in [9.17, 15) is 31.1 Å². The molecule has 0 radical (unpaired) electrons. The number of rotatable bonds is 3. The van der Waals surface area contributed by atoms with Gasteiger partial charge in [-0.2, -0.15) is 26.3 Å². The van der Waals surface area contributed by atoms with Crippen LogP contribution < -0.4 is 5.32 Å². The fraction of sp³-hybridized carbons (Fsp3) is 0.118. The van der Waals surface area contributed by atoms with Crippen molar-refractivity contribution in [2.45, 2.75) is 12.4 Å². The van der Waals surface area contributed by atoms with E-state index in [-0.39, 0.29) is 16.3 Å². The standard InChI is InChI=1S/C17H9Cl2F6NO/c18-12-4-1-9(7-11(12)17(23,24)25)2-6-15(27)26-14-8-10(16(20,21)22)3-5-13(14)19/h1-8H,(H,26,27)/b6-2+. The number of carbonyl (C=O) groups is 1. The maximum atomic E-state index is 12.8. The first-order chi connectivity index (χ1) is 12.4. The van der Waals surface area contributed by atoms with E-state index in [1.165, 1.54) is 6.07 Å². The summed E-state index contributed by atoms with van der Waals surface area (Å²) in [5.74, 6) is -0.875. The van der Waals surface area contributed by atoms with Crippen molar-refractivity contribution in [2.24, 2.45) is 0 Å². The van der Waals surface area contributed by atoms with Crippen molar-refractivity contribution >= 4 is 40.9 Å². The Labute approximate surface area is 159 Å². The Hall–Kier alpha value is -2.19. The molecule has 0 atom stereocenters. The molecule has 0 unspecified atom stereocenters. The monoisotopic (exact) mass is 427 g/mol. The summed E-state index contributed by atoms with van der Waals surface area (Å²) in [5.41, 5.74) is -2.35. The van der Waals surface area contributed by atoms with E-state index in [0.29, 0.717) is 6.07 Å². The van der Waals surface area contributed by atoms with Crippen LogP contribution >= 0.6 is 23.2 Å². The van der Waals surface area contributed by atoms with Gasteiger partial charge >= 0.3 is 12.4 Å². The number of benzene rings is 2. The van der Waals surface area contributed by atoms with E-state index in [1.54, 1.807) is 0 Å². The molecule has 1 N–H and O–H groups in total. The molecule has 27 heavy (non-hydrogen) atoms. The number of anilines is 1. The van der Waals surface area contributed by atoms with Crippen LogP contribution in [0.5, 0.6) is 0 Å². The number of carbonyl (C=O) groups excluding carboxylic acids is 1. The van der Waals surface area contributed by atoms with Gasteiger partial charge in [0.25, 0.3) is 0 Å². The van der Waals surface area contributed by atoms with E-state index in [4.69, 9.17) is 23.2 Å². The van der Waals surface area contributed by atoms with Gasteiger partial charge in [0.1, 0.15) is 0 Å². The predicted octanol–water partition coefficient (Wildman–Crippen LogP) is 6.68. The summed E-state index contributed by atoms with van der Waals surface area (Å²) >= 11 is 11.2. The lowest BCUT2D eigenvalue weighted by Gasteiger charge is -2.11. The molecule has 0 aliphatic carbocycles. The maximum absolute atomic E-state index is 12.8. The fourth-order valence-corrected chi connectivity index (χ4v) is 2.40. The van der Waals surface area contributed by atoms with Gasteiger partial charge in [-0.1, -0.05) is 29.3 Å². The second-order valence-electron chi connectivity index (χ2n) is 5.25. The molecule has 2 nitrogen and oxygen atoms in total. The van der Waals surface area contributed by atoms with E-state index < -0.39 is 34.4 Å². The van der Waals surface area contributed by atoms with Crippen molar-refractivity contribution in [1.82, 2.24) is 0 Å². The Bertz CT molecular complexity index is 890. The molecular weight excluding hydrogens is 419 g/mol. The van der Waals surface area contributed by atoms with Crippen LogP contribution in [-0.2, 0) is 17.1 Å². The van der Waals surface area contributed by atoms with Gasteiger partial charge in [0.05, 0.1) is 26.9 Å². The summed E-state index contributed by atoms with van der Waals surface area (Å²) in [6, 6.07) is 5.38. The van der Waals surface area contributed by atoms with E-state index in [2.05, 4.69) is 5.32 Å². The first-order valence-electron chi connectivity index (χ1n) is 7.10. The van der Waals surface area contributed by atoms with Crippen LogP contribution in [0.4, 0.5) is 32.0 Å². The first-order valence-corrected chi connectivity index (χ1v) is 7.86. The Morgan fingerprint density at radius 2 is 1.52 bits per heavy atom.